The van der Waals surface area contributed by atoms with Crippen molar-refractivity contribution in [3.05, 3.63) is 47.6 Å². The number of hydrogen-bond acceptors (Lipinski definition) is 4. The minimum absolute atomic E-state index is 0.530. The van der Waals surface area contributed by atoms with Crippen LogP contribution in [0.15, 0.2) is 30.6 Å². The molecule has 0 amide bonds. The number of rotatable bonds is 6. The molecular formula is C16H20N2O3. The molecule has 5 heteroatoms. The standard InChI is InChI=1S/C16H20N2O3/c1-17-11-12(7-8-18(2)3)13-9-14(19-4)16(21-6)15(10-13)20-5/h7-11H,2-6H3/b8-7+,12-11-. The molecule has 0 heterocycles. The predicted octanol–water partition coefficient (Wildman–Crippen LogP) is 3.05. The molecule has 0 bridgehead atoms. The zero-order chi connectivity index (χ0) is 15.8. The summed E-state index contributed by atoms with van der Waals surface area (Å²) in [6, 6.07) is 3.64. The zero-order valence-electron chi connectivity index (χ0n) is 13.0. The molecule has 0 unspecified atom stereocenters. The third kappa shape index (κ3) is 4.18. The van der Waals surface area contributed by atoms with Crippen molar-refractivity contribution >= 4 is 5.57 Å². The molecule has 1 aromatic rings. The van der Waals surface area contributed by atoms with Crippen LogP contribution in [-0.2, 0) is 0 Å². The summed E-state index contributed by atoms with van der Waals surface area (Å²) in [7, 11) is 8.52. The first-order chi connectivity index (χ1) is 10.1. The highest BCUT2D eigenvalue weighted by atomic mass is 16.5. The van der Waals surface area contributed by atoms with Crippen molar-refractivity contribution in [1.29, 1.82) is 0 Å². The summed E-state index contributed by atoms with van der Waals surface area (Å²) in [5, 5.41) is 0. The number of ether oxygens (including phenoxy) is 3. The number of nitrogens with zero attached hydrogens (tertiary/aromatic N) is 2. The highest BCUT2D eigenvalue weighted by molar-refractivity contribution is 5.77. The van der Waals surface area contributed by atoms with Crippen LogP contribution in [0.2, 0.25) is 0 Å². The quantitative estimate of drug-likeness (QED) is 0.595. The van der Waals surface area contributed by atoms with Crippen molar-refractivity contribution in [3.8, 4) is 17.2 Å². The number of allylic oxidation sites excluding steroid dienone is 2. The number of benzene rings is 1. The molecule has 0 aliphatic rings. The Hall–Kier alpha value is -2.61. The Morgan fingerprint density at radius 2 is 1.67 bits per heavy atom. The van der Waals surface area contributed by atoms with Crippen molar-refractivity contribution in [1.82, 2.24) is 4.90 Å². The molecule has 0 N–H and O–H groups in total. The van der Waals surface area contributed by atoms with Crippen LogP contribution < -0.4 is 14.2 Å². The van der Waals surface area contributed by atoms with Gasteiger partial charge in [-0.15, -0.1) is 0 Å². The molecule has 0 spiro atoms. The van der Waals surface area contributed by atoms with Gasteiger partial charge in [-0.05, 0) is 35.5 Å². The second kappa shape index (κ2) is 7.85. The Bertz CT molecular complexity index is 559. The van der Waals surface area contributed by atoms with Crippen LogP contribution in [0.25, 0.3) is 10.4 Å². The third-order valence-corrected chi connectivity index (χ3v) is 2.75. The first kappa shape index (κ1) is 16.4. The largest absolute Gasteiger partial charge is 0.493 e. The molecule has 0 aliphatic carbocycles. The summed E-state index contributed by atoms with van der Waals surface area (Å²) in [5.41, 5.74) is 1.58. The second-order valence-electron chi connectivity index (χ2n) is 4.41. The second-order valence-corrected chi connectivity index (χ2v) is 4.41. The summed E-state index contributed by atoms with van der Waals surface area (Å²) in [6.07, 6.45) is 5.19. The molecule has 1 aromatic carbocycles. The highest BCUT2D eigenvalue weighted by Crippen LogP contribution is 2.40. The van der Waals surface area contributed by atoms with Gasteiger partial charge in [-0.25, -0.2) is 4.85 Å². The van der Waals surface area contributed by atoms with Crippen molar-refractivity contribution in [2.45, 2.75) is 0 Å². The summed E-state index contributed by atoms with van der Waals surface area (Å²) in [4.78, 5) is 5.25. The Balaban J connectivity index is 3.40. The van der Waals surface area contributed by atoms with E-state index in [1.54, 1.807) is 21.3 Å². The van der Waals surface area contributed by atoms with Crippen LogP contribution in [0.3, 0.4) is 0 Å². The van der Waals surface area contributed by atoms with E-state index in [2.05, 4.69) is 4.85 Å². The Morgan fingerprint density at radius 1 is 1.10 bits per heavy atom. The van der Waals surface area contributed by atoms with E-state index in [-0.39, 0.29) is 0 Å². The lowest BCUT2D eigenvalue weighted by Gasteiger charge is -2.14. The van der Waals surface area contributed by atoms with Gasteiger partial charge < -0.3 is 19.1 Å². The van der Waals surface area contributed by atoms with E-state index in [4.69, 9.17) is 20.8 Å². The van der Waals surface area contributed by atoms with E-state index in [1.165, 1.54) is 6.20 Å². The van der Waals surface area contributed by atoms with Gasteiger partial charge in [-0.2, -0.15) is 0 Å². The Labute approximate surface area is 125 Å². The highest BCUT2D eigenvalue weighted by Gasteiger charge is 2.14. The number of hydrogen-bond donors (Lipinski definition) is 0. The molecule has 1 rings (SSSR count). The maximum Gasteiger partial charge on any atom is 0.203 e. The van der Waals surface area contributed by atoms with E-state index in [9.17, 15) is 0 Å². The molecule has 0 radical (unpaired) electrons. The fourth-order valence-corrected chi connectivity index (χ4v) is 1.76. The molecule has 0 atom stereocenters. The lowest BCUT2D eigenvalue weighted by atomic mass is 10.1. The molecule has 0 fully saturated rings. The van der Waals surface area contributed by atoms with Gasteiger partial charge in [0.1, 0.15) is 0 Å². The Kier molecular flexibility index (Phi) is 6.15. The lowest BCUT2D eigenvalue weighted by molar-refractivity contribution is 0.324. The summed E-state index contributed by atoms with van der Waals surface area (Å²) < 4.78 is 16.0. The van der Waals surface area contributed by atoms with Gasteiger partial charge in [-0.1, -0.05) is 0 Å². The first-order valence-electron chi connectivity index (χ1n) is 6.29. The van der Waals surface area contributed by atoms with Crippen LogP contribution in [0.5, 0.6) is 17.2 Å². The average Bonchev–Trinajstić information content (AvgIpc) is 2.49. The fourth-order valence-electron chi connectivity index (χ4n) is 1.76. The van der Waals surface area contributed by atoms with Crippen LogP contribution in [0.4, 0.5) is 0 Å². The molecule has 0 aliphatic heterocycles. The maximum atomic E-state index is 7.06. The van der Waals surface area contributed by atoms with E-state index in [1.807, 2.05) is 43.4 Å². The van der Waals surface area contributed by atoms with Crippen LogP contribution in [0.1, 0.15) is 5.56 Å². The Morgan fingerprint density at radius 3 is 2.05 bits per heavy atom. The topological polar surface area (TPSA) is 35.3 Å². The van der Waals surface area contributed by atoms with Crippen LogP contribution in [0, 0.1) is 6.57 Å². The van der Waals surface area contributed by atoms with E-state index in [0.29, 0.717) is 17.2 Å². The normalized spacial score (nSPS) is 11.1. The minimum Gasteiger partial charge on any atom is -0.493 e. The average molecular weight is 288 g/mol. The molecule has 0 saturated heterocycles. The van der Waals surface area contributed by atoms with Gasteiger partial charge in [-0.3, -0.25) is 0 Å². The summed E-state index contributed by atoms with van der Waals surface area (Å²) >= 11 is 0. The van der Waals surface area contributed by atoms with Crippen molar-refractivity contribution < 1.29 is 14.2 Å². The van der Waals surface area contributed by atoms with E-state index in [0.717, 1.165) is 11.1 Å². The minimum atomic E-state index is 0.530. The predicted molar refractivity (Wildman–Crippen MR) is 83.5 cm³/mol. The van der Waals surface area contributed by atoms with Gasteiger partial charge in [0.2, 0.25) is 5.75 Å². The summed E-state index contributed by atoms with van der Waals surface area (Å²) in [5.74, 6) is 1.64. The zero-order valence-corrected chi connectivity index (χ0v) is 13.0. The van der Waals surface area contributed by atoms with Crippen molar-refractivity contribution in [3.63, 3.8) is 0 Å². The van der Waals surface area contributed by atoms with Crippen LogP contribution in [-0.4, -0.2) is 40.3 Å². The molecule has 0 saturated carbocycles. The van der Waals surface area contributed by atoms with E-state index < -0.39 is 0 Å². The van der Waals surface area contributed by atoms with E-state index >= 15 is 0 Å². The summed E-state index contributed by atoms with van der Waals surface area (Å²) in [6.45, 7) is 7.06. The fraction of sp³-hybridized carbons (Fsp3) is 0.312. The van der Waals surface area contributed by atoms with Gasteiger partial charge in [0, 0.05) is 14.1 Å². The van der Waals surface area contributed by atoms with Crippen molar-refractivity contribution in [2.24, 2.45) is 0 Å². The third-order valence-electron chi connectivity index (χ3n) is 2.75. The SMILES string of the molecule is [C-]#[N+]/C=C(/C=C/N(C)C)c1cc(OC)c(OC)c(OC)c1. The van der Waals surface area contributed by atoms with Gasteiger partial charge in [0.25, 0.3) is 0 Å². The monoisotopic (exact) mass is 288 g/mol. The van der Waals surface area contributed by atoms with Crippen LogP contribution >= 0.6 is 0 Å². The smallest absolute Gasteiger partial charge is 0.203 e. The molecular weight excluding hydrogens is 268 g/mol. The molecule has 0 aromatic heterocycles. The molecule has 5 nitrogen and oxygen atoms in total. The van der Waals surface area contributed by atoms with Gasteiger partial charge in [0.15, 0.2) is 17.7 Å². The van der Waals surface area contributed by atoms with Gasteiger partial charge in [0.05, 0.1) is 27.9 Å². The maximum absolute atomic E-state index is 7.06. The number of methoxy groups -OCH3 is 3. The van der Waals surface area contributed by atoms with Gasteiger partial charge >= 0.3 is 0 Å². The first-order valence-corrected chi connectivity index (χ1v) is 6.29. The molecule has 21 heavy (non-hydrogen) atoms. The van der Waals surface area contributed by atoms with Crippen molar-refractivity contribution in [2.75, 3.05) is 35.4 Å². The lowest BCUT2D eigenvalue weighted by Crippen LogP contribution is -2.00. The molecule has 112 valence electrons.